The van der Waals surface area contributed by atoms with E-state index < -0.39 is 5.97 Å². The SMILES string of the molecule is CCOC(=O)/C=C(/C)Oc1ccc(C)c(C)c1-c1c(I)ccc(C)c1C. The Labute approximate surface area is 169 Å². The van der Waals surface area contributed by atoms with Crippen molar-refractivity contribution in [3.05, 3.63) is 61.9 Å². The first-order valence-corrected chi connectivity index (χ1v) is 9.73. The predicted molar refractivity (Wildman–Crippen MR) is 115 cm³/mol. The molecule has 0 fully saturated rings. The number of aryl methyl sites for hydroxylation is 2. The third-order valence-electron chi connectivity index (χ3n) is 4.51. The van der Waals surface area contributed by atoms with Crippen LogP contribution >= 0.6 is 22.6 Å². The number of carbonyl (C=O) groups is 1. The smallest absolute Gasteiger partial charge is 0.334 e. The number of hydrogen-bond donors (Lipinski definition) is 0. The van der Waals surface area contributed by atoms with E-state index in [1.54, 1.807) is 13.8 Å². The van der Waals surface area contributed by atoms with Crippen LogP contribution in [0.3, 0.4) is 0 Å². The number of benzene rings is 2. The molecule has 3 nitrogen and oxygen atoms in total. The van der Waals surface area contributed by atoms with Crippen LogP contribution in [-0.2, 0) is 9.53 Å². The summed E-state index contributed by atoms with van der Waals surface area (Å²) >= 11 is 2.37. The van der Waals surface area contributed by atoms with Crippen molar-refractivity contribution in [3.8, 4) is 16.9 Å². The van der Waals surface area contributed by atoms with Crippen molar-refractivity contribution in [3.63, 3.8) is 0 Å². The van der Waals surface area contributed by atoms with Gasteiger partial charge in [0.2, 0.25) is 0 Å². The van der Waals surface area contributed by atoms with E-state index in [-0.39, 0.29) is 0 Å². The Morgan fingerprint density at radius 1 is 1.00 bits per heavy atom. The molecular weight excluding hydrogens is 439 g/mol. The summed E-state index contributed by atoms with van der Waals surface area (Å²) in [6, 6.07) is 8.28. The maximum absolute atomic E-state index is 11.7. The van der Waals surface area contributed by atoms with Crippen LogP contribution in [0, 0.1) is 31.3 Å². The number of hydrogen-bond acceptors (Lipinski definition) is 3. The highest BCUT2D eigenvalue weighted by Crippen LogP contribution is 2.40. The minimum absolute atomic E-state index is 0.345. The summed E-state index contributed by atoms with van der Waals surface area (Å²) < 4.78 is 12.2. The fourth-order valence-corrected chi connectivity index (χ4v) is 3.68. The molecule has 0 aliphatic heterocycles. The van der Waals surface area contributed by atoms with Crippen molar-refractivity contribution in [2.75, 3.05) is 6.61 Å². The topological polar surface area (TPSA) is 35.5 Å². The summed E-state index contributed by atoms with van der Waals surface area (Å²) in [7, 11) is 0. The van der Waals surface area contributed by atoms with Crippen molar-refractivity contribution in [2.45, 2.75) is 41.5 Å². The Balaban J connectivity index is 2.60. The molecule has 0 aromatic heterocycles. The Hall–Kier alpha value is -1.82. The van der Waals surface area contributed by atoms with Gasteiger partial charge in [-0.15, -0.1) is 0 Å². The second-order valence-corrected chi connectivity index (χ2v) is 7.52. The highest BCUT2D eigenvalue weighted by molar-refractivity contribution is 14.1. The average Bonchev–Trinajstić information content (AvgIpc) is 2.57. The summed E-state index contributed by atoms with van der Waals surface area (Å²) in [5.74, 6) is 0.864. The fourth-order valence-electron chi connectivity index (χ4n) is 2.83. The Morgan fingerprint density at radius 2 is 1.58 bits per heavy atom. The zero-order chi connectivity index (χ0) is 19.4. The van der Waals surface area contributed by atoms with E-state index in [4.69, 9.17) is 9.47 Å². The lowest BCUT2D eigenvalue weighted by atomic mass is 9.91. The molecule has 138 valence electrons. The van der Waals surface area contributed by atoms with Gasteiger partial charge in [-0.2, -0.15) is 0 Å². The first kappa shape index (κ1) is 20.5. The van der Waals surface area contributed by atoms with Gasteiger partial charge in [0.1, 0.15) is 11.5 Å². The molecule has 0 unspecified atom stereocenters. The van der Waals surface area contributed by atoms with Gasteiger partial charge in [-0.1, -0.05) is 12.1 Å². The molecule has 2 rings (SSSR count). The van der Waals surface area contributed by atoms with Gasteiger partial charge in [0, 0.05) is 14.7 Å². The molecule has 4 heteroatoms. The minimum atomic E-state index is -0.392. The summed E-state index contributed by atoms with van der Waals surface area (Å²) in [5, 5.41) is 0. The van der Waals surface area contributed by atoms with Gasteiger partial charge in [0.25, 0.3) is 0 Å². The third-order valence-corrected chi connectivity index (χ3v) is 5.41. The predicted octanol–water partition coefficient (Wildman–Crippen LogP) is 6.04. The van der Waals surface area contributed by atoms with E-state index >= 15 is 0 Å². The van der Waals surface area contributed by atoms with Crippen LogP contribution in [0.15, 0.2) is 36.1 Å². The molecule has 0 amide bonds. The van der Waals surface area contributed by atoms with Crippen LogP contribution in [0.1, 0.15) is 36.1 Å². The molecule has 0 saturated carbocycles. The van der Waals surface area contributed by atoms with Crippen LogP contribution in [0.4, 0.5) is 0 Å². The molecule has 0 bridgehead atoms. The van der Waals surface area contributed by atoms with Crippen molar-refractivity contribution in [1.29, 1.82) is 0 Å². The largest absolute Gasteiger partial charge is 0.463 e. The molecule has 0 atom stereocenters. The van der Waals surface area contributed by atoms with Crippen LogP contribution in [0.25, 0.3) is 11.1 Å². The van der Waals surface area contributed by atoms with Gasteiger partial charge in [-0.25, -0.2) is 4.79 Å². The number of allylic oxidation sites excluding steroid dienone is 1. The highest BCUT2D eigenvalue weighted by atomic mass is 127. The molecule has 0 saturated heterocycles. The number of esters is 1. The van der Waals surface area contributed by atoms with Crippen LogP contribution in [0.5, 0.6) is 5.75 Å². The normalized spacial score (nSPS) is 11.4. The average molecular weight is 464 g/mol. The van der Waals surface area contributed by atoms with Gasteiger partial charge in [0.05, 0.1) is 12.7 Å². The maximum atomic E-state index is 11.7. The van der Waals surface area contributed by atoms with Crippen molar-refractivity contribution >= 4 is 28.6 Å². The van der Waals surface area contributed by atoms with Crippen LogP contribution in [0.2, 0.25) is 0 Å². The number of halogens is 1. The first-order chi connectivity index (χ1) is 12.3. The summed E-state index contributed by atoms with van der Waals surface area (Å²) in [6.07, 6.45) is 1.39. The first-order valence-electron chi connectivity index (χ1n) is 8.65. The lowest BCUT2D eigenvalue weighted by Crippen LogP contribution is -2.04. The standard InChI is InChI=1S/C22H25IO3/c1-7-25-20(24)12-15(4)26-19-11-9-14(3)17(6)22(19)21-16(5)13(2)8-10-18(21)23/h8-12H,7H2,1-6H3/b15-12-. The molecule has 0 spiro atoms. The van der Waals surface area contributed by atoms with Gasteiger partial charge < -0.3 is 9.47 Å². The van der Waals surface area contributed by atoms with E-state index in [9.17, 15) is 4.79 Å². The second kappa shape index (κ2) is 8.71. The Kier molecular flexibility index (Phi) is 6.87. The van der Waals surface area contributed by atoms with E-state index in [0.717, 1.165) is 11.3 Å². The monoisotopic (exact) mass is 464 g/mol. The maximum Gasteiger partial charge on any atom is 0.334 e. The molecule has 0 radical (unpaired) electrons. The highest BCUT2D eigenvalue weighted by Gasteiger charge is 2.18. The second-order valence-electron chi connectivity index (χ2n) is 6.35. The number of carbonyl (C=O) groups excluding carboxylic acids is 1. The van der Waals surface area contributed by atoms with E-state index in [1.165, 1.54) is 37.5 Å². The zero-order valence-corrected chi connectivity index (χ0v) is 18.4. The number of ether oxygens (including phenoxy) is 2. The summed E-state index contributed by atoms with van der Waals surface area (Å²) in [6.45, 7) is 12.4. The van der Waals surface area contributed by atoms with E-state index in [1.807, 2.05) is 12.1 Å². The number of rotatable bonds is 5. The van der Waals surface area contributed by atoms with Crippen LogP contribution < -0.4 is 4.74 Å². The zero-order valence-electron chi connectivity index (χ0n) is 16.2. The summed E-state index contributed by atoms with van der Waals surface area (Å²) in [5.41, 5.74) is 7.13. The Bertz CT molecular complexity index is 866. The molecule has 2 aromatic carbocycles. The van der Waals surface area contributed by atoms with Gasteiger partial charge in [-0.05, 0) is 98.5 Å². The molecule has 0 heterocycles. The summed E-state index contributed by atoms with van der Waals surface area (Å²) in [4.78, 5) is 11.7. The molecule has 0 aliphatic rings. The molecule has 26 heavy (non-hydrogen) atoms. The lowest BCUT2D eigenvalue weighted by Gasteiger charge is -2.20. The third kappa shape index (κ3) is 4.47. The molecular formula is C22H25IO3. The molecule has 2 aromatic rings. The molecule has 0 aliphatic carbocycles. The van der Waals surface area contributed by atoms with Crippen molar-refractivity contribution < 1.29 is 14.3 Å². The van der Waals surface area contributed by atoms with Crippen LogP contribution in [-0.4, -0.2) is 12.6 Å². The quantitative estimate of drug-likeness (QED) is 0.234. The van der Waals surface area contributed by atoms with Gasteiger partial charge in [0.15, 0.2) is 0 Å². The molecule has 0 N–H and O–H groups in total. The van der Waals surface area contributed by atoms with E-state index in [2.05, 4.69) is 62.4 Å². The minimum Gasteiger partial charge on any atom is -0.463 e. The van der Waals surface area contributed by atoms with Crippen molar-refractivity contribution in [2.24, 2.45) is 0 Å². The van der Waals surface area contributed by atoms with Gasteiger partial charge >= 0.3 is 5.97 Å². The van der Waals surface area contributed by atoms with E-state index in [0.29, 0.717) is 12.4 Å². The van der Waals surface area contributed by atoms with Gasteiger partial charge in [-0.3, -0.25) is 0 Å². The lowest BCUT2D eigenvalue weighted by molar-refractivity contribution is -0.137. The Morgan fingerprint density at radius 3 is 2.19 bits per heavy atom. The fraction of sp³-hybridized carbons (Fsp3) is 0.318. The van der Waals surface area contributed by atoms with Crippen molar-refractivity contribution in [1.82, 2.24) is 0 Å².